The van der Waals surface area contributed by atoms with Gasteiger partial charge in [0.2, 0.25) is 0 Å². The van der Waals surface area contributed by atoms with E-state index in [2.05, 4.69) is 18.8 Å². The van der Waals surface area contributed by atoms with Crippen LogP contribution in [0.2, 0.25) is 5.02 Å². The maximum absolute atomic E-state index is 14.1. The van der Waals surface area contributed by atoms with E-state index < -0.39 is 5.82 Å². The molecule has 1 aromatic carbocycles. The molecule has 1 aliphatic rings. The third kappa shape index (κ3) is 2.36. The van der Waals surface area contributed by atoms with E-state index in [1.54, 1.807) is 18.2 Å². The van der Waals surface area contributed by atoms with Crippen LogP contribution >= 0.6 is 22.9 Å². The van der Waals surface area contributed by atoms with Gasteiger partial charge in [0.25, 0.3) is 0 Å². The summed E-state index contributed by atoms with van der Waals surface area (Å²) in [5, 5.41) is 0.795. The van der Waals surface area contributed by atoms with Gasteiger partial charge in [-0.25, -0.2) is 9.37 Å². The van der Waals surface area contributed by atoms with Crippen molar-refractivity contribution < 1.29 is 4.39 Å². The molecule has 0 bridgehead atoms. The Morgan fingerprint density at radius 2 is 2.20 bits per heavy atom. The van der Waals surface area contributed by atoms with E-state index >= 15 is 0 Å². The molecule has 20 heavy (non-hydrogen) atoms. The standard InChI is InChI=1S/C15H16ClFN2S/c1-15(2)6-10(18)13-11(7-15)19-14(20-13)8-4-3-5-9(16)12(8)17/h3-5,10H,6-7,18H2,1-2H3. The Hall–Kier alpha value is -0.970. The van der Waals surface area contributed by atoms with Crippen LogP contribution in [0.5, 0.6) is 0 Å². The first-order chi connectivity index (χ1) is 9.37. The second-order valence-electron chi connectivity index (χ2n) is 6.08. The summed E-state index contributed by atoms with van der Waals surface area (Å²) in [7, 11) is 0. The lowest BCUT2D eigenvalue weighted by molar-refractivity contribution is 0.282. The summed E-state index contributed by atoms with van der Waals surface area (Å²) < 4.78 is 14.1. The summed E-state index contributed by atoms with van der Waals surface area (Å²) >= 11 is 7.33. The summed E-state index contributed by atoms with van der Waals surface area (Å²) in [6.07, 6.45) is 1.81. The molecule has 1 heterocycles. The Labute approximate surface area is 126 Å². The maximum Gasteiger partial charge on any atom is 0.152 e. The topological polar surface area (TPSA) is 38.9 Å². The summed E-state index contributed by atoms with van der Waals surface area (Å²) in [6.45, 7) is 4.38. The first kappa shape index (κ1) is 14.0. The van der Waals surface area contributed by atoms with Crippen LogP contribution in [0.15, 0.2) is 18.2 Å². The molecular weight excluding hydrogens is 295 g/mol. The molecule has 0 saturated carbocycles. The lowest BCUT2D eigenvalue weighted by atomic mass is 9.77. The summed E-state index contributed by atoms with van der Waals surface area (Å²) in [5.74, 6) is -0.409. The SMILES string of the molecule is CC1(C)Cc2nc(-c3cccc(Cl)c3F)sc2C(N)C1. The fourth-order valence-electron chi connectivity index (χ4n) is 2.78. The molecule has 1 aliphatic carbocycles. The quantitative estimate of drug-likeness (QED) is 0.837. The molecule has 1 unspecified atom stereocenters. The minimum atomic E-state index is -0.409. The number of nitrogens with zero attached hydrogens (tertiary/aromatic N) is 1. The highest BCUT2D eigenvalue weighted by molar-refractivity contribution is 7.15. The van der Waals surface area contributed by atoms with E-state index in [9.17, 15) is 4.39 Å². The third-order valence-corrected chi connectivity index (χ3v) is 5.22. The zero-order chi connectivity index (χ0) is 14.5. The largest absolute Gasteiger partial charge is 0.323 e. The van der Waals surface area contributed by atoms with Crippen molar-refractivity contribution in [2.75, 3.05) is 0 Å². The van der Waals surface area contributed by atoms with Gasteiger partial charge in [0.15, 0.2) is 5.82 Å². The van der Waals surface area contributed by atoms with Gasteiger partial charge >= 0.3 is 0 Å². The van der Waals surface area contributed by atoms with E-state index in [4.69, 9.17) is 17.3 Å². The van der Waals surface area contributed by atoms with Gasteiger partial charge in [0.05, 0.1) is 10.7 Å². The fraction of sp³-hybridized carbons (Fsp3) is 0.400. The molecule has 2 aromatic rings. The number of fused-ring (bicyclic) bond motifs is 1. The lowest BCUT2D eigenvalue weighted by Crippen LogP contribution is -2.28. The van der Waals surface area contributed by atoms with Crippen LogP contribution in [-0.2, 0) is 6.42 Å². The minimum absolute atomic E-state index is 0.0118. The minimum Gasteiger partial charge on any atom is -0.323 e. The molecule has 0 fully saturated rings. The van der Waals surface area contributed by atoms with Crippen LogP contribution in [-0.4, -0.2) is 4.98 Å². The Kier molecular flexibility index (Phi) is 3.35. The summed E-state index contributed by atoms with van der Waals surface area (Å²) in [6, 6.07) is 4.98. The predicted molar refractivity (Wildman–Crippen MR) is 81.5 cm³/mol. The van der Waals surface area contributed by atoms with E-state index in [1.165, 1.54) is 11.3 Å². The van der Waals surface area contributed by atoms with Gasteiger partial charge in [-0.05, 0) is 30.4 Å². The van der Waals surface area contributed by atoms with Crippen molar-refractivity contribution in [2.24, 2.45) is 11.1 Å². The van der Waals surface area contributed by atoms with Gasteiger partial charge in [-0.2, -0.15) is 0 Å². The maximum atomic E-state index is 14.1. The fourth-order valence-corrected chi connectivity index (χ4v) is 4.05. The number of thiazole rings is 1. The number of aromatic nitrogens is 1. The normalized spacial score (nSPS) is 20.8. The van der Waals surface area contributed by atoms with Crippen LogP contribution in [0.3, 0.4) is 0 Å². The van der Waals surface area contributed by atoms with Crippen LogP contribution in [0.1, 0.15) is 36.9 Å². The number of hydrogen-bond donors (Lipinski definition) is 1. The van der Waals surface area contributed by atoms with Gasteiger partial charge in [-0.3, -0.25) is 0 Å². The zero-order valence-corrected chi connectivity index (χ0v) is 13.0. The van der Waals surface area contributed by atoms with E-state index in [1.807, 2.05) is 0 Å². The first-order valence-electron chi connectivity index (χ1n) is 6.57. The van der Waals surface area contributed by atoms with Crippen LogP contribution < -0.4 is 5.73 Å². The molecule has 0 amide bonds. The van der Waals surface area contributed by atoms with Crippen LogP contribution in [0, 0.1) is 11.2 Å². The number of benzene rings is 1. The van der Waals surface area contributed by atoms with Crippen molar-refractivity contribution in [3.8, 4) is 10.6 Å². The van der Waals surface area contributed by atoms with Crippen molar-refractivity contribution in [1.29, 1.82) is 0 Å². The van der Waals surface area contributed by atoms with Crippen LogP contribution in [0.4, 0.5) is 4.39 Å². The molecule has 2 N–H and O–H groups in total. The highest BCUT2D eigenvalue weighted by atomic mass is 35.5. The van der Waals surface area contributed by atoms with Crippen molar-refractivity contribution in [1.82, 2.24) is 4.98 Å². The second kappa shape index (κ2) is 4.79. The Morgan fingerprint density at radius 3 is 2.95 bits per heavy atom. The van der Waals surface area contributed by atoms with Gasteiger partial charge in [0, 0.05) is 16.5 Å². The summed E-state index contributed by atoms with van der Waals surface area (Å²) in [5.41, 5.74) is 7.84. The van der Waals surface area contributed by atoms with Gasteiger partial charge in [-0.1, -0.05) is 31.5 Å². The predicted octanol–water partition coefficient (Wildman–Crippen LogP) is 4.57. The van der Waals surface area contributed by atoms with E-state index in [0.717, 1.165) is 23.4 Å². The zero-order valence-electron chi connectivity index (χ0n) is 11.4. The molecule has 5 heteroatoms. The Morgan fingerprint density at radius 1 is 1.45 bits per heavy atom. The van der Waals surface area contributed by atoms with Gasteiger partial charge in [0.1, 0.15) is 5.01 Å². The van der Waals surface area contributed by atoms with Crippen molar-refractivity contribution >= 4 is 22.9 Å². The molecule has 106 valence electrons. The molecule has 2 nitrogen and oxygen atoms in total. The number of rotatable bonds is 1. The smallest absolute Gasteiger partial charge is 0.152 e. The lowest BCUT2D eigenvalue weighted by Gasteiger charge is -2.32. The highest BCUT2D eigenvalue weighted by Crippen LogP contribution is 2.44. The molecular formula is C15H16ClFN2S. The van der Waals surface area contributed by atoms with Gasteiger partial charge in [-0.15, -0.1) is 11.3 Å². The molecule has 0 saturated heterocycles. The third-order valence-electron chi connectivity index (χ3n) is 3.66. The molecule has 0 radical (unpaired) electrons. The first-order valence-corrected chi connectivity index (χ1v) is 7.76. The van der Waals surface area contributed by atoms with E-state index in [0.29, 0.717) is 10.6 Å². The van der Waals surface area contributed by atoms with E-state index in [-0.39, 0.29) is 16.5 Å². The molecule has 0 spiro atoms. The second-order valence-corrected chi connectivity index (χ2v) is 7.52. The molecule has 1 atom stereocenters. The molecule has 0 aliphatic heterocycles. The van der Waals surface area contributed by atoms with Crippen molar-refractivity contribution in [2.45, 2.75) is 32.7 Å². The summed E-state index contributed by atoms with van der Waals surface area (Å²) in [4.78, 5) is 5.69. The number of nitrogens with two attached hydrogens (primary N) is 1. The average molecular weight is 311 g/mol. The highest BCUT2D eigenvalue weighted by Gasteiger charge is 2.33. The Balaban J connectivity index is 2.08. The number of halogens is 2. The number of hydrogen-bond acceptors (Lipinski definition) is 3. The average Bonchev–Trinajstić information content (AvgIpc) is 2.75. The van der Waals surface area contributed by atoms with Crippen molar-refractivity contribution in [3.05, 3.63) is 39.6 Å². The molecule has 1 aromatic heterocycles. The monoisotopic (exact) mass is 310 g/mol. The van der Waals surface area contributed by atoms with Crippen LogP contribution in [0.25, 0.3) is 10.6 Å². The molecule has 3 rings (SSSR count). The van der Waals surface area contributed by atoms with Crippen molar-refractivity contribution in [3.63, 3.8) is 0 Å². The van der Waals surface area contributed by atoms with Gasteiger partial charge < -0.3 is 5.73 Å². The Bertz CT molecular complexity index is 666.